The predicted octanol–water partition coefficient (Wildman–Crippen LogP) is 1.90. The van der Waals surface area contributed by atoms with E-state index in [-0.39, 0.29) is 23.6 Å². The molecule has 128 valence electrons. The van der Waals surface area contributed by atoms with Crippen molar-refractivity contribution in [3.05, 3.63) is 45.6 Å². The lowest BCUT2D eigenvalue weighted by molar-refractivity contribution is -0.133. The molecule has 1 fully saturated rings. The fourth-order valence-corrected chi connectivity index (χ4v) is 3.46. The first kappa shape index (κ1) is 16.4. The van der Waals surface area contributed by atoms with Gasteiger partial charge >= 0.3 is 0 Å². The van der Waals surface area contributed by atoms with Gasteiger partial charge in [0, 0.05) is 24.7 Å². The highest BCUT2D eigenvalue weighted by molar-refractivity contribution is 5.77. The van der Waals surface area contributed by atoms with Crippen molar-refractivity contribution in [3.63, 3.8) is 0 Å². The van der Waals surface area contributed by atoms with Gasteiger partial charge in [0.05, 0.1) is 23.5 Å². The highest BCUT2D eigenvalue weighted by Gasteiger charge is 2.32. The predicted molar refractivity (Wildman–Crippen MR) is 89.6 cm³/mol. The van der Waals surface area contributed by atoms with E-state index in [1.807, 2.05) is 36.4 Å². The molecular weight excluding hydrogens is 306 g/mol. The lowest BCUT2D eigenvalue weighted by atomic mass is 10.1. The molecule has 0 saturated carbocycles. The average molecular weight is 329 g/mol. The number of aromatic nitrogens is 4. The summed E-state index contributed by atoms with van der Waals surface area (Å²) in [6.45, 7) is 6.70. The summed E-state index contributed by atoms with van der Waals surface area (Å²) < 4.78 is 1.91. The average Bonchev–Trinajstić information content (AvgIpc) is 3.14. The number of carbonyl (C=O) groups is 1. The Balaban J connectivity index is 1.72. The van der Waals surface area contributed by atoms with Crippen molar-refractivity contribution in [2.75, 3.05) is 6.54 Å². The molecule has 3 rings (SSSR count). The number of carbonyl (C=O) groups excluding carboxylic acids is 1. The number of nitrogens with one attached hydrogen (secondary N) is 1. The molecule has 0 aromatic carbocycles. The van der Waals surface area contributed by atoms with E-state index < -0.39 is 0 Å². The van der Waals surface area contributed by atoms with Crippen LogP contribution >= 0.6 is 0 Å². The van der Waals surface area contributed by atoms with E-state index in [1.165, 1.54) is 6.07 Å². The molecule has 0 spiro atoms. The molecule has 1 N–H and O–H groups in total. The van der Waals surface area contributed by atoms with Crippen molar-refractivity contribution in [1.29, 1.82) is 0 Å². The molecule has 2 atom stereocenters. The maximum Gasteiger partial charge on any atom is 0.264 e. The third-order valence-corrected chi connectivity index (χ3v) is 4.55. The molecule has 7 heteroatoms. The summed E-state index contributed by atoms with van der Waals surface area (Å²) in [5.41, 5.74) is 2.54. The zero-order valence-corrected chi connectivity index (χ0v) is 14.3. The van der Waals surface area contributed by atoms with Crippen molar-refractivity contribution in [1.82, 2.24) is 24.9 Å². The van der Waals surface area contributed by atoms with Gasteiger partial charge in [0.2, 0.25) is 5.91 Å². The zero-order valence-electron chi connectivity index (χ0n) is 14.3. The van der Waals surface area contributed by atoms with Crippen LogP contribution in [0.25, 0.3) is 0 Å². The number of hydrogen-bond acceptors (Lipinski definition) is 4. The second kappa shape index (κ2) is 6.59. The third kappa shape index (κ3) is 3.25. The van der Waals surface area contributed by atoms with Crippen molar-refractivity contribution in [2.45, 2.75) is 52.1 Å². The molecule has 1 amide bonds. The molecule has 2 unspecified atom stereocenters. The summed E-state index contributed by atoms with van der Waals surface area (Å²) in [6, 6.07) is 5.14. The van der Waals surface area contributed by atoms with Crippen molar-refractivity contribution in [3.8, 4) is 0 Å². The lowest BCUT2D eigenvalue weighted by Gasteiger charge is -2.25. The van der Waals surface area contributed by atoms with Gasteiger partial charge in [-0.3, -0.25) is 14.3 Å². The zero-order chi connectivity index (χ0) is 17.3. The van der Waals surface area contributed by atoms with E-state index in [2.05, 4.69) is 15.3 Å². The molecule has 1 saturated heterocycles. The topological polar surface area (TPSA) is 83.9 Å². The third-order valence-electron chi connectivity index (χ3n) is 4.55. The SMILES string of the molecule is Cc1cc(C)n(C(C)CC(=O)N2CCCC2c2ccc(=O)[nH]n2)n1. The van der Waals surface area contributed by atoms with Crippen LogP contribution in [-0.4, -0.2) is 37.3 Å². The van der Waals surface area contributed by atoms with Gasteiger partial charge in [-0.1, -0.05) is 0 Å². The van der Waals surface area contributed by atoms with Gasteiger partial charge in [-0.2, -0.15) is 10.2 Å². The minimum atomic E-state index is -0.229. The van der Waals surface area contributed by atoms with Gasteiger partial charge in [0.1, 0.15) is 0 Å². The van der Waals surface area contributed by atoms with Gasteiger partial charge in [0.25, 0.3) is 5.56 Å². The first-order chi connectivity index (χ1) is 11.5. The molecule has 1 aliphatic rings. The van der Waals surface area contributed by atoms with E-state index >= 15 is 0 Å². The highest BCUT2D eigenvalue weighted by Crippen LogP contribution is 2.31. The monoisotopic (exact) mass is 329 g/mol. The number of amides is 1. The molecular formula is C17H23N5O2. The molecule has 0 bridgehead atoms. The fraction of sp³-hybridized carbons (Fsp3) is 0.529. The Kier molecular flexibility index (Phi) is 4.51. The maximum absolute atomic E-state index is 12.8. The molecule has 1 aliphatic heterocycles. The molecule has 7 nitrogen and oxygen atoms in total. The molecule has 0 radical (unpaired) electrons. The first-order valence-electron chi connectivity index (χ1n) is 8.33. The second-order valence-corrected chi connectivity index (χ2v) is 6.52. The number of likely N-dealkylation sites (tertiary alicyclic amines) is 1. The maximum atomic E-state index is 12.8. The van der Waals surface area contributed by atoms with Gasteiger partial charge < -0.3 is 4.90 Å². The molecule has 3 heterocycles. The Morgan fingerprint density at radius 2 is 2.21 bits per heavy atom. The van der Waals surface area contributed by atoms with Gasteiger partial charge in [0.15, 0.2) is 0 Å². The molecule has 2 aromatic heterocycles. The number of nitrogens with zero attached hydrogens (tertiary/aromatic N) is 4. The van der Waals surface area contributed by atoms with Crippen molar-refractivity contribution >= 4 is 5.91 Å². The van der Waals surface area contributed by atoms with E-state index in [0.717, 1.165) is 36.5 Å². The number of hydrogen-bond donors (Lipinski definition) is 1. The van der Waals surface area contributed by atoms with E-state index in [4.69, 9.17) is 0 Å². The van der Waals surface area contributed by atoms with E-state index in [9.17, 15) is 9.59 Å². The lowest BCUT2D eigenvalue weighted by Crippen LogP contribution is -2.33. The summed E-state index contributed by atoms with van der Waals surface area (Å²) in [7, 11) is 0. The minimum absolute atomic E-state index is 0.0102. The van der Waals surface area contributed by atoms with Crippen LogP contribution in [0.4, 0.5) is 0 Å². The van der Waals surface area contributed by atoms with Crippen molar-refractivity contribution in [2.24, 2.45) is 0 Å². The summed E-state index contributed by atoms with van der Waals surface area (Å²) in [5.74, 6) is 0.102. The summed E-state index contributed by atoms with van der Waals surface area (Å²) in [6.07, 6.45) is 2.23. The molecule has 24 heavy (non-hydrogen) atoms. The fourth-order valence-electron chi connectivity index (χ4n) is 3.46. The number of aromatic amines is 1. The standard InChI is InChI=1S/C17H23N5O2/c1-11-9-12(2)22(20-11)13(3)10-17(24)21-8-4-5-15(21)14-6-7-16(23)19-18-14/h6-7,9,13,15H,4-5,8,10H2,1-3H3,(H,19,23). The van der Waals surface area contributed by atoms with Crippen LogP contribution in [0.15, 0.2) is 23.0 Å². The minimum Gasteiger partial charge on any atom is -0.334 e. The Morgan fingerprint density at radius 1 is 1.42 bits per heavy atom. The summed E-state index contributed by atoms with van der Waals surface area (Å²) >= 11 is 0. The summed E-state index contributed by atoms with van der Waals surface area (Å²) in [4.78, 5) is 25.8. The van der Waals surface area contributed by atoms with Crippen LogP contribution in [-0.2, 0) is 4.79 Å². The second-order valence-electron chi connectivity index (χ2n) is 6.52. The molecule has 2 aromatic rings. The van der Waals surface area contributed by atoms with Gasteiger partial charge in [-0.25, -0.2) is 5.10 Å². The first-order valence-corrected chi connectivity index (χ1v) is 8.33. The summed E-state index contributed by atoms with van der Waals surface area (Å²) in [5, 5.41) is 11.0. The van der Waals surface area contributed by atoms with Gasteiger partial charge in [-0.05, 0) is 45.7 Å². The Morgan fingerprint density at radius 3 is 2.83 bits per heavy atom. The molecule has 0 aliphatic carbocycles. The van der Waals surface area contributed by atoms with E-state index in [0.29, 0.717) is 6.42 Å². The number of H-pyrrole nitrogens is 1. The smallest absolute Gasteiger partial charge is 0.264 e. The largest absolute Gasteiger partial charge is 0.334 e. The van der Waals surface area contributed by atoms with Crippen LogP contribution in [0.5, 0.6) is 0 Å². The Labute approximate surface area is 140 Å². The normalized spacial score (nSPS) is 18.8. The van der Waals surface area contributed by atoms with Crippen LogP contribution in [0.2, 0.25) is 0 Å². The van der Waals surface area contributed by atoms with Crippen LogP contribution < -0.4 is 5.56 Å². The number of rotatable bonds is 4. The Bertz CT molecular complexity index is 774. The van der Waals surface area contributed by atoms with Crippen LogP contribution in [0, 0.1) is 13.8 Å². The van der Waals surface area contributed by atoms with Crippen LogP contribution in [0.3, 0.4) is 0 Å². The quantitative estimate of drug-likeness (QED) is 0.928. The highest BCUT2D eigenvalue weighted by atomic mass is 16.2. The van der Waals surface area contributed by atoms with Gasteiger partial charge in [-0.15, -0.1) is 0 Å². The van der Waals surface area contributed by atoms with E-state index in [1.54, 1.807) is 6.07 Å². The number of aryl methyl sites for hydroxylation is 2. The van der Waals surface area contributed by atoms with Crippen LogP contribution in [0.1, 0.15) is 55.4 Å². The van der Waals surface area contributed by atoms with Crippen molar-refractivity contribution < 1.29 is 4.79 Å². The Hall–Kier alpha value is -2.44.